The number of rotatable bonds is 9. The lowest BCUT2D eigenvalue weighted by Gasteiger charge is -2.26. The lowest BCUT2D eigenvalue weighted by molar-refractivity contribution is 0.591. The molecule has 2 heterocycles. The second kappa shape index (κ2) is 18.7. The van der Waals surface area contributed by atoms with E-state index in [9.17, 15) is 5.26 Å². The molecule has 0 amide bonds. The highest BCUT2D eigenvalue weighted by Crippen LogP contribution is 2.44. The van der Waals surface area contributed by atoms with Crippen LogP contribution in [0.3, 0.4) is 0 Å². The Morgan fingerprint density at radius 1 is 0.382 bits per heavy atom. The summed E-state index contributed by atoms with van der Waals surface area (Å²) in [7, 11) is 0. The van der Waals surface area contributed by atoms with Crippen LogP contribution in [0.25, 0.3) is 71.0 Å². The van der Waals surface area contributed by atoms with Crippen LogP contribution in [0.4, 0.5) is 39.8 Å². The molecule has 6 nitrogen and oxygen atoms in total. The van der Waals surface area contributed by atoms with Gasteiger partial charge in [-0.1, -0.05) is 126 Å². The number of fused-ring (bicyclic) bond motifs is 6. The van der Waals surface area contributed by atoms with Crippen LogP contribution in [0.15, 0.2) is 231 Å². The van der Waals surface area contributed by atoms with Gasteiger partial charge in [0.05, 0.1) is 40.3 Å². The van der Waals surface area contributed by atoms with Crippen molar-refractivity contribution in [2.45, 2.75) is 52.4 Å². The molecule has 0 spiro atoms. The molecule has 0 N–H and O–H groups in total. The first-order valence-electron chi connectivity index (χ1n) is 25.9. The van der Waals surface area contributed by atoms with E-state index in [1.165, 1.54) is 32.7 Å². The second-order valence-corrected chi connectivity index (χ2v) is 21.8. The first-order valence-corrected chi connectivity index (χ1v) is 25.9. The van der Waals surface area contributed by atoms with Crippen LogP contribution in [-0.4, -0.2) is 9.13 Å². The van der Waals surface area contributed by atoms with Crippen LogP contribution >= 0.6 is 0 Å². The van der Waals surface area contributed by atoms with E-state index in [-0.39, 0.29) is 10.8 Å². The molecule has 0 aliphatic heterocycles. The average molecular weight is 981 g/mol. The summed E-state index contributed by atoms with van der Waals surface area (Å²) >= 11 is 0. The van der Waals surface area contributed by atoms with Crippen molar-refractivity contribution in [3.63, 3.8) is 0 Å². The molecule has 0 saturated carbocycles. The quantitative estimate of drug-likeness (QED) is 0.135. The third-order valence-corrected chi connectivity index (χ3v) is 14.9. The summed E-state index contributed by atoms with van der Waals surface area (Å²) < 4.78 is 4.73. The van der Waals surface area contributed by atoms with Gasteiger partial charge in [0.2, 0.25) is 0 Å². The van der Waals surface area contributed by atoms with Gasteiger partial charge in [0, 0.05) is 67.0 Å². The maximum Gasteiger partial charge on any atom is 0.187 e. The second-order valence-electron chi connectivity index (χ2n) is 21.8. The number of benzene rings is 10. The molecule has 366 valence electrons. The van der Waals surface area contributed by atoms with E-state index in [0.29, 0.717) is 11.3 Å². The summed E-state index contributed by atoms with van der Waals surface area (Å²) in [5.74, 6) is 0. The zero-order valence-electron chi connectivity index (χ0n) is 43.6. The molecule has 0 fully saturated rings. The standard InChI is InChI=1S/C70H56N6/c1-69(2,3)50-24-38-65-61(42-50)63-44-59(36-40-67(63)75(65)53-14-10-8-11-15-53)73(55-28-18-47(46-71)19-29-55)56-30-20-48(21-31-56)49-22-32-57(33-23-49)74(58-34-26-52(72-7)27-35-58)60-37-41-68-64(45-60)62-43-51(70(4,5)6)25-39-66(62)76(68)54-16-12-9-13-17-54/h8-45H,1-6H3. The van der Waals surface area contributed by atoms with Gasteiger partial charge in [-0.15, -0.1) is 0 Å². The Morgan fingerprint density at radius 3 is 1.07 bits per heavy atom. The molecule has 6 heteroatoms. The third kappa shape index (κ3) is 8.50. The van der Waals surface area contributed by atoms with Crippen LogP contribution < -0.4 is 9.80 Å². The minimum absolute atomic E-state index is 0.0193. The zero-order valence-corrected chi connectivity index (χ0v) is 43.6. The fourth-order valence-corrected chi connectivity index (χ4v) is 10.8. The van der Waals surface area contributed by atoms with Gasteiger partial charge in [0.1, 0.15) is 0 Å². The highest BCUT2D eigenvalue weighted by molar-refractivity contribution is 6.12. The van der Waals surface area contributed by atoms with Crippen molar-refractivity contribution >= 4 is 83.4 Å². The molecule has 0 aliphatic rings. The predicted octanol–water partition coefficient (Wildman–Crippen LogP) is 19.5. The average Bonchev–Trinajstić information content (AvgIpc) is 4.03. The smallest absolute Gasteiger partial charge is 0.187 e. The minimum atomic E-state index is -0.0206. The highest BCUT2D eigenvalue weighted by Gasteiger charge is 2.23. The molecular formula is C70H56N6. The van der Waals surface area contributed by atoms with Crippen LogP contribution in [0.1, 0.15) is 58.2 Å². The highest BCUT2D eigenvalue weighted by atomic mass is 15.1. The predicted molar refractivity (Wildman–Crippen MR) is 318 cm³/mol. The third-order valence-electron chi connectivity index (χ3n) is 14.9. The summed E-state index contributed by atoms with van der Waals surface area (Å²) in [6.07, 6.45) is 0. The summed E-state index contributed by atoms with van der Waals surface area (Å²) in [6.45, 7) is 21.3. The Morgan fingerprint density at radius 2 is 0.711 bits per heavy atom. The zero-order chi connectivity index (χ0) is 52.3. The van der Waals surface area contributed by atoms with E-state index in [0.717, 1.165) is 78.7 Å². The summed E-state index contributed by atoms with van der Waals surface area (Å²) in [5.41, 5.74) is 18.7. The Kier molecular flexibility index (Phi) is 11.7. The normalized spacial score (nSPS) is 11.8. The summed E-state index contributed by atoms with van der Waals surface area (Å²) in [5, 5.41) is 14.5. The fraction of sp³-hybridized carbons (Fsp3) is 0.114. The maximum absolute atomic E-state index is 9.78. The molecule has 0 saturated heterocycles. The van der Waals surface area contributed by atoms with Gasteiger partial charge in [0.15, 0.2) is 5.69 Å². The van der Waals surface area contributed by atoms with Gasteiger partial charge in [0.25, 0.3) is 0 Å². The van der Waals surface area contributed by atoms with Gasteiger partial charge in [-0.25, -0.2) is 4.85 Å². The van der Waals surface area contributed by atoms with Gasteiger partial charge in [-0.3, -0.25) is 0 Å². The number of nitriles is 1. The van der Waals surface area contributed by atoms with Crippen molar-refractivity contribution in [1.82, 2.24) is 9.13 Å². The minimum Gasteiger partial charge on any atom is -0.311 e. The van der Waals surface area contributed by atoms with Crippen molar-refractivity contribution in [2.24, 2.45) is 0 Å². The number of hydrogen-bond acceptors (Lipinski definition) is 3. The monoisotopic (exact) mass is 980 g/mol. The first kappa shape index (κ1) is 47.4. The van der Waals surface area contributed by atoms with Crippen molar-refractivity contribution in [3.05, 3.63) is 259 Å². The van der Waals surface area contributed by atoms with Crippen molar-refractivity contribution in [2.75, 3.05) is 9.80 Å². The molecule has 0 aliphatic carbocycles. The lowest BCUT2D eigenvalue weighted by atomic mass is 9.86. The van der Waals surface area contributed by atoms with Gasteiger partial charge >= 0.3 is 0 Å². The Hall–Kier alpha value is -9.62. The summed E-state index contributed by atoms with van der Waals surface area (Å²) in [6, 6.07) is 84.1. The Balaban J connectivity index is 0.937. The molecule has 0 unspecified atom stereocenters. The molecule has 0 radical (unpaired) electrons. The SMILES string of the molecule is [C-]#[N+]c1ccc(N(c2ccc(-c3ccc(N(c4ccc(C#N)cc4)c4ccc5c(c4)c4cc(C(C)(C)C)ccc4n5-c4ccccc4)cc3)cc2)c2ccc3c(c2)c2cc(C(C)(C)C)ccc2n3-c2ccccc2)cc1. The molecule has 12 rings (SSSR count). The number of hydrogen-bond donors (Lipinski definition) is 0. The van der Waals surface area contributed by atoms with E-state index in [4.69, 9.17) is 6.57 Å². The number of nitrogens with zero attached hydrogens (tertiary/aromatic N) is 6. The Bertz CT molecular complexity index is 3940. The molecule has 10 aromatic carbocycles. The number of anilines is 6. The lowest BCUT2D eigenvalue weighted by Crippen LogP contribution is -2.10. The molecule has 76 heavy (non-hydrogen) atoms. The molecular weight excluding hydrogens is 925 g/mol. The first-order chi connectivity index (χ1) is 36.8. The maximum atomic E-state index is 9.78. The van der Waals surface area contributed by atoms with E-state index in [1.807, 2.05) is 48.5 Å². The van der Waals surface area contributed by atoms with Crippen molar-refractivity contribution in [3.8, 4) is 28.6 Å². The molecule has 0 bridgehead atoms. The van der Waals surface area contributed by atoms with Gasteiger partial charge in [-0.05, 0) is 179 Å². The van der Waals surface area contributed by atoms with Crippen LogP contribution in [0, 0.1) is 17.9 Å². The van der Waals surface area contributed by atoms with E-state index < -0.39 is 0 Å². The number of aromatic nitrogens is 2. The van der Waals surface area contributed by atoms with E-state index in [2.05, 4.69) is 253 Å². The van der Waals surface area contributed by atoms with Gasteiger partial charge < -0.3 is 18.9 Å². The van der Waals surface area contributed by atoms with Crippen LogP contribution in [-0.2, 0) is 10.8 Å². The topological polar surface area (TPSA) is 44.5 Å². The van der Waals surface area contributed by atoms with Gasteiger partial charge in [-0.2, -0.15) is 5.26 Å². The molecule has 2 aromatic heterocycles. The van der Waals surface area contributed by atoms with E-state index in [1.54, 1.807) is 0 Å². The summed E-state index contributed by atoms with van der Waals surface area (Å²) in [4.78, 5) is 8.28. The number of para-hydroxylation sites is 2. The van der Waals surface area contributed by atoms with Crippen LogP contribution in [0.2, 0.25) is 0 Å². The van der Waals surface area contributed by atoms with Crippen molar-refractivity contribution < 1.29 is 0 Å². The largest absolute Gasteiger partial charge is 0.311 e. The van der Waals surface area contributed by atoms with E-state index >= 15 is 0 Å². The fourth-order valence-electron chi connectivity index (χ4n) is 10.8. The Labute approximate surface area is 445 Å². The molecule has 0 atom stereocenters. The van der Waals surface area contributed by atoms with Crippen LogP contribution in [0.5, 0.6) is 0 Å². The van der Waals surface area contributed by atoms with Crippen molar-refractivity contribution in [1.29, 1.82) is 5.26 Å². The molecule has 12 aromatic rings.